The minimum Gasteiger partial charge on any atom is -0.207 e. The number of hydrogen-bond acceptors (Lipinski definition) is 2. The van der Waals surface area contributed by atoms with Gasteiger partial charge >= 0.3 is 0 Å². The molecule has 1 aromatic rings. The SMILES string of the molecule is CC(C)C.Cc1ccc(S(=O)(=O)Cl)cc1. The Balaban J connectivity index is 0.000000423. The number of hydrogen-bond donors (Lipinski definition) is 0. The zero-order chi connectivity index (χ0) is 12.1. The van der Waals surface area contributed by atoms with Crippen LogP contribution in [0.15, 0.2) is 29.2 Å². The van der Waals surface area contributed by atoms with Gasteiger partial charge in [-0.25, -0.2) is 8.42 Å². The smallest absolute Gasteiger partial charge is 0.207 e. The largest absolute Gasteiger partial charge is 0.261 e. The molecule has 4 heteroatoms. The van der Waals surface area contributed by atoms with E-state index in [1.54, 1.807) is 12.1 Å². The van der Waals surface area contributed by atoms with Crippen molar-refractivity contribution in [3.8, 4) is 0 Å². The molecule has 15 heavy (non-hydrogen) atoms. The molecule has 0 saturated carbocycles. The summed E-state index contributed by atoms with van der Waals surface area (Å²) in [5, 5.41) is 0. The van der Waals surface area contributed by atoms with Crippen LogP contribution in [0.5, 0.6) is 0 Å². The van der Waals surface area contributed by atoms with Crippen LogP contribution in [0.25, 0.3) is 0 Å². The van der Waals surface area contributed by atoms with Gasteiger partial charge in [-0.3, -0.25) is 0 Å². The monoisotopic (exact) mass is 248 g/mol. The van der Waals surface area contributed by atoms with Gasteiger partial charge in [-0.2, -0.15) is 0 Å². The predicted octanol–water partition coefficient (Wildman–Crippen LogP) is 3.58. The third-order valence-electron chi connectivity index (χ3n) is 1.30. The van der Waals surface area contributed by atoms with Gasteiger partial charge in [-0.1, -0.05) is 38.5 Å². The van der Waals surface area contributed by atoms with E-state index in [0.29, 0.717) is 0 Å². The molecule has 0 aliphatic carbocycles. The molecule has 0 atom stereocenters. The Hall–Kier alpha value is -0.540. The van der Waals surface area contributed by atoms with Gasteiger partial charge in [0.15, 0.2) is 0 Å². The van der Waals surface area contributed by atoms with Crippen LogP contribution in [0.1, 0.15) is 26.3 Å². The normalized spacial score (nSPS) is 10.8. The van der Waals surface area contributed by atoms with Crippen LogP contribution in [0.4, 0.5) is 0 Å². The molecule has 0 spiro atoms. The van der Waals surface area contributed by atoms with E-state index in [1.807, 2.05) is 6.92 Å². The van der Waals surface area contributed by atoms with Gasteiger partial charge in [-0.05, 0) is 25.0 Å². The molecule has 1 rings (SSSR count). The first-order valence-electron chi connectivity index (χ1n) is 4.75. The molecule has 0 fully saturated rings. The summed E-state index contributed by atoms with van der Waals surface area (Å²) in [7, 11) is 1.54. The summed E-state index contributed by atoms with van der Waals surface area (Å²) in [6.45, 7) is 8.38. The summed E-state index contributed by atoms with van der Waals surface area (Å²) in [6.07, 6.45) is 0. The Bertz CT molecular complexity index is 377. The van der Waals surface area contributed by atoms with Crippen LogP contribution in [0.2, 0.25) is 0 Å². The fourth-order valence-corrected chi connectivity index (χ4v) is 1.47. The topological polar surface area (TPSA) is 34.1 Å². The number of halogens is 1. The Morgan fingerprint density at radius 1 is 1.07 bits per heavy atom. The highest BCUT2D eigenvalue weighted by molar-refractivity contribution is 8.13. The van der Waals surface area contributed by atoms with Crippen LogP contribution in [-0.4, -0.2) is 8.42 Å². The molecule has 0 unspecified atom stereocenters. The average molecular weight is 249 g/mol. The van der Waals surface area contributed by atoms with E-state index in [1.165, 1.54) is 12.1 Å². The fourth-order valence-electron chi connectivity index (χ4n) is 0.701. The second kappa shape index (κ2) is 6.13. The molecule has 1 aromatic carbocycles. The van der Waals surface area contributed by atoms with Gasteiger partial charge in [0.05, 0.1) is 4.90 Å². The fraction of sp³-hybridized carbons (Fsp3) is 0.455. The molecule has 0 aliphatic rings. The maximum absolute atomic E-state index is 10.7. The van der Waals surface area contributed by atoms with Crippen molar-refractivity contribution in [1.82, 2.24) is 0 Å². The Labute approximate surface area is 96.7 Å². The molecule has 0 aliphatic heterocycles. The van der Waals surface area contributed by atoms with Gasteiger partial charge < -0.3 is 0 Å². The van der Waals surface area contributed by atoms with Crippen molar-refractivity contribution in [3.63, 3.8) is 0 Å². The van der Waals surface area contributed by atoms with Gasteiger partial charge in [0.1, 0.15) is 0 Å². The minimum absolute atomic E-state index is 0.143. The Morgan fingerprint density at radius 3 is 1.67 bits per heavy atom. The highest BCUT2D eigenvalue weighted by Crippen LogP contribution is 2.14. The molecule has 0 bridgehead atoms. The summed E-state index contributed by atoms with van der Waals surface area (Å²) in [4.78, 5) is 0.143. The van der Waals surface area contributed by atoms with E-state index in [0.717, 1.165) is 11.5 Å². The molecule has 0 saturated heterocycles. The van der Waals surface area contributed by atoms with E-state index in [9.17, 15) is 8.42 Å². The van der Waals surface area contributed by atoms with Crippen molar-refractivity contribution >= 4 is 19.7 Å². The molecular weight excluding hydrogens is 232 g/mol. The van der Waals surface area contributed by atoms with E-state index >= 15 is 0 Å². The summed E-state index contributed by atoms with van der Waals surface area (Å²) in [6, 6.07) is 6.37. The predicted molar refractivity (Wildman–Crippen MR) is 64.7 cm³/mol. The van der Waals surface area contributed by atoms with E-state index in [-0.39, 0.29) is 4.90 Å². The van der Waals surface area contributed by atoms with Gasteiger partial charge in [0.25, 0.3) is 9.05 Å². The van der Waals surface area contributed by atoms with Crippen LogP contribution >= 0.6 is 10.7 Å². The summed E-state index contributed by atoms with van der Waals surface area (Å²) < 4.78 is 21.4. The molecule has 2 nitrogen and oxygen atoms in total. The highest BCUT2D eigenvalue weighted by Gasteiger charge is 2.07. The summed E-state index contributed by atoms with van der Waals surface area (Å²) in [5.74, 6) is 0.833. The van der Waals surface area contributed by atoms with Crippen LogP contribution in [0, 0.1) is 12.8 Å². The quantitative estimate of drug-likeness (QED) is 0.712. The van der Waals surface area contributed by atoms with Crippen LogP contribution in [-0.2, 0) is 9.05 Å². The average Bonchev–Trinajstić information content (AvgIpc) is 2.01. The van der Waals surface area contributed by atoms with E-state index in [4.69, 9.17) is 10.7 Å². The van der Waals surface area contributed by atoms with Crippen molar-refractivity contribution in [2.75, 3.05) is 0 Å². The lowest BCUT2D eigenvalue weighted by Crippen LogP contribution is -1.89. The molecule has 0 radical (unpaired) electrons. The van der Waals surface area contributed by atoms with Gasteiger partial charge in [0, 0.05) is 10.7 Å². The van der Waals surface area contributed by atoms with Gasteiger partial charge in [-0.15, -0.1) is 0 Å². The lowest BCUT2D eigenvalue weighted by molar-refractivity contribution is 0.609. The van der Waals surface area contributed by atoms with E-state index < -0.39 is 9.05 Å². The first-order valence-corrected chi connectivity index (χ1v) is 7.05. The third-order valence-corrected chi connectivity index (χ3v) is 2.67. The number of benzene rings is 1. The first-order chi connectivity index (χ1) is 6.73. The molecule has 0 amide bonds. The summed E-state index contributed by atoms with van der Waals surface area (Å²) in [5.41, 5.74) is 1.01. The number of aryl methyl sites for hydroxylation is 1. The minimum atomic E-state index is -3.55. The molecule has 0 aromatic heterocycles. The standard InChI is InChI=1S/C7H7ClO2S.C4H10/c1-6-2-4-7(5-3-6)11(8,9)10;1-4(2)3/h2-5H,1H3;4H,1-3H3. The molecular formula is C11H17ClO2S. The maximum Gasteiger partial charge on any atom is 0.261 e. The second-order valence-electron chi connectivity index (χ2n) is 3.98. The maximum atomic E-state index is 10.7. The highest BCUT2D eigenvalue weighted by atomic mass is 35.7. The molecule has 0 N–H and O–H groups in total. The van der Waals surface area contributed by atoms with Crippen molar-refractivity contribution < 1.29 is 8.42 Å². The van der Waals surface area contributed by atoms with E-state index in [2.05, 4.69) is 20.8 Å². The second-order valence-corrected chi connectivity index (χ2v) is 6.55. The van der Waals surface area contributed by atoms with Gasteiger partial charge in [0.2, 0.25) is 0 Å². The van der Waals surface area contributed by atoms with Crippen molar-refractivity contribution in [2.45, 2.75) is 32.6 Å². The van der Waals surface area contributed by atoms with Crippen molar-refractivity contribution in [1.29, 1.82) is 0 Å². The zero-order valence-corrected chi connectivity index (χ0v) is 11.1. The third kappa shape index (κ3) is 7.40. The lowest BCUT2D eigenvalue weighted by Gasteiger charge is -1.94. The molecule has 86 valence electrons. The lowest BCUT2D eigenvalue weighted by atomic mass is 10.2. The molecule has 0 heterocycles. The summed E-state index contributed by atoms with van der Waals surface area (Å²) >= 11 is 0. The van der Waals surface area contributed by atoms with Crippen LogP contribution in [0.3, 0.4) is 0 Å². The first kappa shape index (κ1) is 14.5. The van der Waals surface area contributed by atoms with Crippen LogP contribution < -0.4 is 0 Å². The number of rotatable bonds is 1. The van der Waals surface area contributed by atoms with Crippen molar-refractivity contribution in [2.24, 2.45) is 5.92 Å². The Morgan fingerprint density at radius 2 is 1.40 bits per heavy atom. The Kier molecular flexibility index (Phi) is 5.91. The zero-order valence-electron chi connectivity index (χ0n) is 9.49. The van der Waals surface area contributed by atoms with Crippen molar-refractivity contribution in [3.05, 3.63) is 29.8 Å².